The normalized spacial score (nSPS) is 18.3. The number of methoxy groups -OCH3 is 2. The third kappa shape index (κ3) is 2.76. The molecular weight excluding hydrogens is 366 g/mol. The van der Waals surface area contributed by atoms with Crippen molar-refractivity contribution in [2.24, 2.45) is 0 Å². The molecule has 0 bridgehead atoms. The van der Waals surface area contributed by atoms with Crippen LogP contribution in [0.15, 0.2) is 36.9 Å². The van der Waals surface area contributed by atoms with Crippen LogP contribution < -0.4 is 18.9 Å². The molecule has 3 aliphatic rings. The first-order chi connectivity index (χ1) is 14.2. The van der Waals surface area contributed by atoms with Gasteiger partial charge in [-0.3, -0.25) is 0 Å². The first-order valence-electron chi connectivity index (χ1n) is 10.0. The van der Waals surface area contributed by atoms with E-state index in [0.717, 1.165) is 48.8 Å². The van der Waals surface area contributed by atoms with Crippen LogP contribution in [0.25, 0.3) is 11.8 Å². The number of rotatable bonds is 5. The summed E-state index contributed by atoms with van der Waals surface area (Å²) in [5.41, 5.74) is 6.14. The average molecular weight is 391 g/mol. The van der Waals surface area contributed by atoms with Gasteiger partial charge in [-0.15, -0.1) is 6.58 Å². The van der Waals surface area contributed by atoms with Crippen LogP contribution in [-0.4, -0.2) is 32.5 Å². The van der Waals surface area contributed by atoms with Gasteiger partial charge >= 0.3 is 0 Å². The highest BCUT2D eigenvalue weighted by atomic mass is 16.7. The fraction of sp³-hybridized carbons (Fsp3) is 0.333. The molecule has 0 aromatic heterocycles. The van der Waals surface area contributed by atoms with Gasteiger partial charge in [-0.2, -0.15) is 0 Å². The quantitative estimate of drug-likeness (QED) is 0.684. The molecule has 1 atom stereocenters. The second kappa shape index (κ2) is 7.07. The van der Waals surface area contributed by atoms with Crippen molar-refractivity contribution in [3.63, 3.8) is 0 Å². The Hall–Kier alpha value is -3.08. The lowest BCUT2D eigenvalue weighted by molar-refractivity contribution is 0.174. The Labute approximate surface area is 171 Å². The van der Waals surface area contributed by atoms with Crippen LogP contribution in [0.2, 0.25) is 0 Å². The van der Waals surface area contributed by atoms with E-state index in [1.54, 1.807) is 14.2 Å². The number of benzene rings is 2. The van der Waals surface area contributed by atoms with E-state index in [2.05, 4.69) is 35.8 Å². The molecule has 0 radical (unpaired) electrons. The van der Waals surface area contributed by atoms with E-state index >= 15 is 0 Å². The molecule has 0 fully saturated rings. The molecule has 3 heterocycles. The molecule has 5 nitrogen and oxygen atoms in total. The Balaban J connectivity index is 1.69. The summed E-state index contributed by atoms with van der Waals surface area (Å²) >= 11 is 0. The van der Waals surface area contributed by atoms with Crippen LogP contribution in [0, 0.1) is 0 Å². The molecule has 3 aliphatic heterocycles. The Morgan fingerprint density at radius 1 is 1.17 bits per heavy atom. The summed E-state index contributed by atoms with van der Waals surface area (Å²) in [6.45, 7) is 5.18. The number of allylic oxidation sites excluding steroid dienone is 1. The molecule has 2 aromatic rings. The number of hydrogen-bond donors (Lipinski definition) is 0. The van der Waals surface area contributed by atoms with E-state index in [0.29, 0.717) is 6.79 Å². The van der Waals surface area contributed by atoms with Gasteiger partial charge < -0.3 is 23.8 Å². The largest absolute Gasteiger partial charge is 0.493 e. The van der Waals surface area contributed by atoms with E-state index in [4.69, 9.17) is 18.9 Å². The van der Waals surface area contributed by atoms with Crippen molar-refractivity contribution in [1.82, 2.24) is 4.90 Å². The van der Waals surface area contributed by atoms with Crippen molar-refractivity contribution < 1.29 is 18.9 Å². The minimum Gasteiger partial charge on any atom is -0.493 e. The second-order valence-electron chi connectivity index (χ2n) is 7.52. The summed E-state index contributed by atoms with van der Waals surface area (Å²) in [7, 11) is 3.40. The summed E-state index contributed by atoms with van der Waals surface area (Å²) in [6, 6.07) is 8.58. The number of nitrogens with zero attached hydrogens (tertiary/aromatic N) is 1. The maximum atomic E-state index is 5.81. The van der Waals surface area contributed by atoms with Crippen LogP contribution in [0.1, 0.15) is 41.1 Å². The second-order valence-corrected chi connectivity index (χ2v) is 7.52. The lowest BCUT2D eigenvalue weighted by Crippen LogP contribution is -2.35. The van der Waals surface area contributed by atoms with Gasteiger partial charge in [-0.1, -0.05) is 12.1 Å². The fourth-order valence-electron chi connectivity index (χ4n) is 4.74. The van der Waals surface area contributed by atoms with Crippen LogP contribution in [0.4, 0.5) is 0 Å². The molecule has 29 heavy (non-hydrogen) atoms. The van der Waals surface area contributed by atoms with Crippen LogP contribution in [-0.2, 0) is 6.42 Å². The third-order valence-electron chi connectivity index (χ3n) is 6.07. The molecule has 0 saturated heterocycles. The maximum Gasteiger partial charge on any atom is 0.231 e. The topological polar surface area (TPSA) is 40.2 Å². The van der Waals surface area contributed by atoms with Crippen LogP contribution >= 0.6 is 0 Å². The number of hydrogen-bond acceptors (Lipinski definition) is 5. The highest BCUT2D eigenvalue weighted by Gasteiger charge is 2.36. The fourth-order valence-corrected chi connectivity index (χ4v) is 4.74. The molecule has 2 aromatic carbocycles. The molecule has 1 unspecified atom stereocenters. The first-order valence-corrected chi connectivity index (χ1v) is 10.0. The first kappa shape index (κ1) is 18.0. The zero-order chi connectivity index (χ0) is 20.0. The van der Waals surface area contributed by atoms with Crippen molar-refractivity contribution in [3.05, 3.63) is 59.2 Å². The van der Waals surface area contributed by atoms with Crippen molar-refractivity contribution in [1.29, 1.82) is 0 Å². The van der Waals surface area contributed by atoms with Crippen molar-refractivity contribution in [2.45, 2.75) is 25.3 Å². The predicted octanol–water partition coefficient (Wildman–Crippen LogP) is 4.81. The molecule has 0 saturated carbocycles. The van der Waals surface area contributed by atoms with Crippen LogP contribution in [0.5, 0.6) is 23.0 Å². The average Bonchev–Trinajstić information content (AvgIpc) is 3.21. The van der Waals surface area contributed by atoms with Gasteiger partial charge in [0.05, 0.1) is 20.3 Å². The van der Waals surface area contributed by atoms with E-state index in [9.17, 15) is 0 Å². The third-order valence-corrected chi connectivity index (χ3v) is 6.07. The molecular formula is C24H25NO4. The maximum absolute atomic E-state index is 5.81. The standard InChI is InChI=1S/C24H25NO4/c1-4-5-6-18-23-16(7-8-20(26-2)24(23)27-3)11-19-17-13-22-21(28-14-29-22)12-15(17)9-10-25(18)19/h4,7-8,11-13,18H,1,5-6,9-10,14H2,2-3H3. The van der Waals surface area contributed by atoms with Gasteiger partial charge in [-0.25, -0.2) is 0 Å². The minimum atomic E-state index is 0.201. The zero-order valence-corrected chi connectivity index (χ0v) is 16.9. The Kier molecular flexibility index (Phi) is 4.38. The summed E-state index contributed by atoms with van der Waals surface area (Å²) in [4.78, 5) is 2.50. The number of fused-ring (bicyclic) bond motifs is 5. The summed E-state index contributed by atoms with van der Waals surface area (Å²) in [5.74, 6) is 3.27. The van der Waals surface area contributed by atoms with Gasteiger partial charge in [-0.05, 0) is 54.7 Å². The SMILES string of the molecule is C=CCCC1c2c(ccc(OC)c2OC)C=C2c3cc4c(cc3CCN21)OCO4. The Morgan fingerprint density at radius 2 is 2.00 bits per heavy atom. The predicted molar refractivity (Wildman–Crippen MR) is 113 cm³/mol. The molecule has 5 heteroatoms. The van der Waals surface area contributed by atoms with Crippen molar-refractivity contribution >= 4 is 11.8 Å². The smallest absolute Gasteiger partial charge is 0.231 e. The summed E-state index contributed by atoms with van der Waals surface area (Å²) in [5, 5.41) is 0. The highest BCUT2D eigenvalue weighted by Crippen LogP contribution is 2.50. The Morgan fingerprint density at radius 3 is 2.76 bits per heavy atom. The van der Waals surface area contributed by atoms with Gasteiger partial charge in [0.2, 0.25) is 6.79 Å². The van der Waals surface area contributed by atoms with Crippen molar-refractivity contribution in [2.75, 3.05) is 27.6 Å². The molecule has 0 aliphatic carbocycles. The number of ether oxygens (including phenoxy) is 4. The van der Waals surface area contributed by atoms with Crippen LogP contribution in [0.3, 0.4) is 0 Å². The lowest BCUT2D eigenvalue weighted by Gasteiger charge is -2.43. The van der Waals surface area contributed by atoms with E-state index in [1.807, 2.05) is 12.1 Å². The van der Waals surface area contributed by atoms with E-state index < -0.39 is 0 Å². The summed E-state index contributed by atoms with van der Waals surface area (Å²) < 4.78 is 22.6. The zero-order valence-electron chi connectivity index (χ0n) is 16.9. The Bertz CT molecular complexity index is 1010. The summed E-state index contributed by atoms with van der Waals surface area (Å²) in [6.07, 6.45) is 7.12. The minimum absolute atomic E-state index is 0.201. The van der Waals surface area contributed by atoms with Crippen molar-refractivity contribution in [3.8, 4) is 23.0 Å². The lowest BCUT2D eigenvalue weighted by atomic mass is 9.84. The van der Waals surface area contributed by atoms with E-state index in [1.165, 1.54) is 28.0 Å². The van der Waals surface area contributed by atoms with E-state index in [-0.39, 0.29) is 6.04 Å². The molecule has 150 valence electrons. The van der Waals surface area contributed by atoms with Gasteiger partial charge in [0.15, 0.2) is 23.0 Å². The van der Waals surface area contributed by atoms with Gasteiger partial charge in [0, 0.05) is 23.4 Å². The molecule has 0 N–H and O–H groups in total. The molecule has 5 rings (SSSR count). The molecule has 0 amide bonds. The highest BCUT2D eigenvalue weighted by molar-refractivity contribution is 5.88. The molecule has 0 spiro atoms. The monoisotopic (exact) mass is 391 g/mol. The van der Waals surface area contributed by atoms with Gasteiger partial charge in [0.25, 0.3) is 0 Å². The van der Waals surface area contributed by atoms with Gasteiger partial charge in [0.1, 0.15) is 0 Å².